The van der Waals surface area contributed by atoms with Gasteiger partial charge in [0.15, 0.2) is 6.61 Å². The van der Waals surface area contributed by atoms with Crippen molar-refractivity contribution in [3.63, 3.8) is 0 Å². The van der Waals surface area contributed by atoms with E-state index < -0.39 is 16.0 Å². The van der Waals surface area contributed by atoms with Crippen LogP contribution in [0.4, 0.5) is 0 Å². The van der Waals surface area contributed by atoms with Crippen molar-refractivity contribution >= 4 is 21.9 Å². The van der Waals surface area contributed by atoms with Gasteiger partial charge in [-0.05, 0) is 50.8 Å². The van der Waals surface area contributed by atoms with Crippen LogP contribution >= 0.6 is 0 Å². The molecule has 148 valence electrons. The number of rotatable bonds is 5. The minimum Gasteiger partial charge on any atom is -0.452 e. The van der Waals surface area contributed by atoms with Crippen molar-refractivity contribution in [3.8, 4) is 0 Å². The second-order valence-electron chi connectivity index (χ2n) is 7.15. The zero-order valence-electron chi connectivity index (χ0n) is 15.6. The Morgan fingerprint density at radius 2 is 1.81 bits per heavy atom. The number of likely N-dealkylation sites (tertiary alicyclic amines) is 1. The Labute approximate surface area is 160 Å². The van der Waals surface area contributed by atoms with Crippen LogP contribution in [-0.2, 0) is 19.6 Å². The molecule has 0 spiro atoms. The molecule has 2 aliphatic rings. The first-order valence-corrected chi connectivity index (χ1v) is 10.9. The zero-order valence-corrected chi connectivity index (χ0v) is 16.4. The van der Waals surface area contributed by atoms with Crippen molar-refractivity contribution in [3.05, 3.63) is 29.8 Å². The lowest BCUT2D eigenvalue weighted by Crippen LogP contribution is -2.41. The highest BCUT2D eigenvalue weighted by atomic mass is 32.2. The maximum atomic E-state index is 12.9. The monoisotopic (exact) mass is 394 g/mol. The van der Waals surface area contributed by atoms with E-state index in [0.717, 1.165) is 32.1 Å². The van der Waals surface area contributed by atoms with Gasteiger partial charge in [-0.25, -0.2) is 13.2 Å². The summed E-state index contributed by atoms with van der Waals surface area (Å²) in [4.78, 5) is 26.0. The molecule has 8 heteroatoms. The summed E-state index contributed by atoms with van der Waals surface area (Å²) in [6.07, 6.45) is 4.62. The average Bonchev–Trinajstić information content (AvgIpc) is 3.21. The maximum Gasteiger partial charge on any atom is 0.338 e. The van der Waals surface area contributed by atoms with Crippen molar-refractivity contribution < 1.29 is 22.7 Å². The Bertz CT molecular complexity index is 802. The average molecular weight is 394 g/mol. The molecule has 27 heavy (non-hydrogen) atoms. The third-order valence-electron chi connectivity index (χ3n) is 5.20. The molecule has 0 unspecified atom stereocenters. The van der Waals surface area contributed by atoms with E-state index in [4.69, 9.17) is 4.74 Å². The summed E-state index contributed by atoms with van der Waals surface area (Å²) in [5.74, 6) is -0.905. The van der Waals surface area contributed by atoms with Gasteiger partial charge in [0, 0.05) is 25.7 Å². The topological polar surface area (TPSA) is 84.0 Å². The van der Waals surface area contributed by atoms with Crippen molar-refractivity contribution in [2.75, 3.05) is 26.2 Å². The van der Waals surface area contributed by atoms with Crippen molar-refractivity contribution in [2.24, 2.45) is 0 Å². The van der Waals surface area contributed by atoms with Crippen molar-refractivity contribution in [1.82, 2.24) is 9.21 Å². The lowest BCUT2D eigenvalue weighted by atomic mass is 10.1. The largest absolute Gasteiger partial charge is 0.452 e. The number of nitrogens with zero attached hydrogens (tertiary/aromatic N) is 2. The Morgan fingerprint density at radius 1 is 1.11 bits per heavy atom. The fourth-order valence-corrected chi connectivity index (χ4v) is 5.36. The predicted octanol–water partition coefficient (Wildman–Crippen LogP) is 2.03. The molecule has 3 rings (SSSR count). The van der Waals surface area contributed by atoms with Gasteiger partial charge in [-0.3, -0.25) is 4.79 Å². The van der Waals surface area contributed by atoms with Gasteiger partial charge in [0.2, 0.25) is 10.0 Å². The van der Waals surface area contributed by atoms with Gasteiger partial charge >= 0.3 is 5.97 Å². The number of hydrogen-bond donors (Lipinski definition) is 0. The molecule has 0 radical (unpaired) electrons. The van der Waals surface area contributed by atoms with Crippen LogP contribution < -0.4 is 0 Å². The molecule has 2 saturated heterocycles. The van der Waals surface area contributed by atoms with Gasteiger partial charge in [0.1, 0.15) is 0 Å². The first kappa shape index (κ1) is 19.8. The molecular formula is C19H26N2O5S. The van der Waals surface area contributed by atoms with E-state index in [1.54, 1.807) is 4.90 Å². The minimum absolute atomic E-state index is 0.0579. The van der Waals surface area contributed by atoms with Crippen molar-refractivity contribution in [1.29, 1.82) is 0 Å². The number of sulfonamides is 1. The van der Waals surface area contributed by atoms with Crippen LogP contribution in [0.2, 0.25) is 0 Å². The molecule has 0 aromatic heterocycles. The molecule has 0 bridgehead atoms. The normalized spacial score (nSPS) is 21.2. The highest BCUT2D eigenvalue weighted by Crippen LogP contribution is 2.25. The fourth-order valence-electron chi connectivity index (χ4n) is 3.62. The fraction of sp³-hybridized carbons (Fsp3) is 0.579. The lowest BCUT2D eigenvalue weighted by Gasteiger charge is -2.32. The molecule has 2 aliphatic heterocycles. The van der Waals surface area contributed by atoms with Crippen LogP contribution in [0, 0.1) is 0 Å². The predicted molar refractivity (Wildman–Crippen MR) is 99.7 cm³/mol. The lowest BCUT2D eigenvalue weighted by molar-refractivity contribution is -0.133. The number of carbonyl (C=O) groups is 2. The summed E-state index contributed by atoms with van der Waals surface area (Å²) in [7, 11) is -3.66. The highest BCUT2D eigenvalue weighted by Gasteiger charge is 2.31. The molecule has 1 atom stereocenters. The molecule has 0 aliphatic carbocycles. The third kappa shape index (κ3) is 4.50. The molecule has 1 aromatic rings. The number of benzene rings is 1. The van der Waals surface area contributed by atoms with E-state index in [0.29, 0.717) is 19.6 Å². The maximum absolute atomic E-state index is 12.9. The quantitative estimate of drug-likeness (QED) is 0.714. The molecule has 1 amide bonds. The van der Waals surface area contributed by atoms with E-state index in [1.807, 2.05) is 6.92 Å². The molecule has 0 N–H and O–H groups in total. The van der Waals surface area contributed by atoms with E-state index in [2.05, 4.69) is 0 Å². The van der Waals surface area contributed by atoms with Crippen LogP contribution in [0.15, 0.2) is 29.2 Å². The Morgan fingerprint density at radius 3 is 2.52 bits per heavy atom. The first-order valence-electron chi connectivity index (χ1n) is 9.46. The number of carbonyl (C=O) groups excluding carboxylic acids is 2. The van der Waals surface area contributed by atoms with Gasteiger partial charge in [0.25, 0.3) is 5.91 Å². The summed E-state index contributed by atoms with van der Waals surface area (Å²) in [5.41, 5.74) is 0.134. The number of hydrogen-bond acceptors (Lipinski definition) is 5. The van der Waals surface area contributed by atoms with E-state index >= 15 is 0 Å². The van der Waals surface area contributed by atoms with Gasteiger partial charge in [-0.15, -0.1) is 0 Å². The summed E-state index contributed by atoms with van der Waals surface area (Å²) in [5, 5.41) is 0. The molecule has 7 nitrogen and oxygen atoms in total. The first-order chi connectivity index (χ1) is 12.9. The smallest absolute Gasteiger partial charge is 0.338 e. The van der Waals surface area contributed by atoms with Crippen LogP contribution in [0.25, 0.3) is 0 Å². The second-order valence-corrected chi connectivity index (χ2v) is 9.04. The van der Waals surface area contributed by atoms with Gasteiger partial charge in [-0.2, -0.15) is 4.31 Å². The third-order valence-corrected chi connectivity index (χ3v) is 7.21. The van der Waals surface area contributed by atoms with E-state index in [9.17, 15) is 18.0 Å². The molecular weight excluding hydrogens is 368 g/mol. The van der Waals surface area contributed by atoms with Crippen LogP contribution in [0.5, 0.6) is 0 Å². The van der Waals surface area contributed by atoms with E-state index in [-0.39, 0.29) is 29.0 Å². The molecule has 0 saturated carbocycles. The molecule has 2 heterocycles. The number of ether oxygens (including phenoxy) is 1. The standard InChI is InChI=1S/C19H26N2O5S/c1-15-7-2-3-12-21(15)27(24,25)17-9-6-8-16(13-17)19(23)26-14-18(22)20-10-4-5-11-20/h6,8-9,13,15H,2-5,7,10-12,14H2,1H3/t15-/m0/s1. The number of amides is 1. The Balaban J connectivity index is 1.69. The summed E-state index contributed by atoms with van der Waals surface area (Å²) < 4.78 is 32.4. The summed E-state index contributed by atoms with van der Waals surface area (Å²) >= 11 is 0. The van der Waals surface area contributed by atoms with Crippen molar-refractivity contribution in [2.45, 2.75) is 50.0 Å². The number of piperidine rings is 1. The summed E-state index contributed by atoms with van der Waals surface area (Å²) in [6.45, 7) is 3.45. The van der Waals surface area contributed by atoms with Gasteiger partial charge in [-0.1, -0.05) is 12.5 Å². The Kier molecular flexibility index (Phi) is 6.16. The van der Waals surface area contributed by atoms with Crippen LogP contribution in [0.1, 0.15) is 49.4 Å². The molecule has 1 aromatic carbocycles. The summed E-state index contributed by atoms with van der Waals surface area (Å²) in [6, 6.07) is 5.79. The Hall–Kier alpha value is -1.93. The van der Waals surface area contributed by atoms with E-state index in [1.165, 1.54) is 28.6 Å². The van der Waals surface area contributed by atoms with Gasteiger partial charge in [0.05, 0.1) is 10.5 Å². The van der Waals surface area contributed by atoms with Crippen LogP contribution in [0.3, 0.4) is 0 Å². The minimum atomic E-state index is -3.66. The van der Waals surface area contributed by atoms with Gasteiger partial charge < -0.3 is 9.64 Å². The number of esters is 1. The zero-order chi connectivity index (χ0) is 19.4. The van der Waals surface area contributed by atoms with Crippen LogP contribution in [-0.4, -0.2) is 61.8 Å². The second kappa shape index (κ2) is 8.39. The highest BCUT2D eigenvalue weighted by molar-refractivity contribution is 7.89. The SMILES string of the molecule is C[C@H]1CCCCN1S(=O)(=O)c1cccc(C(=O)OCC(=O)N2CCCC2)c1. The molecule has 2 fully saturated rings.